The van der Waals surface area contributed by atoms with Crippen LogP contribution < -0.4 is 0 Å². The van der Waals surface area contributed by atoms with Gasteiger partial charge in [-0.05, 0) is 24.7 Å². The van der Waals surface area contributed by atoms with Crippen LogP contribution in [-0.2, 0) is 4.79 Å². The van der Waals surface area contributed by atoms with Crippen molar-refractivity contribution in [2.45, 2.75) is 53.9 Å². The molecule has 0 aliphatic heterocycles. The monoisotopic (exact) mass is 196 g/mol. The number of Topliss-reactive ketones (excluding diaryl/α,β-unsaturated/α-hetero) is 1. The maximum atomic E-state index is 11.9. The molecule has 0 aromatic carbocycles. The molecule has 0 saturated heterocycles. The lowest BCUT2D eigenvalue weighted by molar-refractivity contribution is -0.127. The summed E-state index contributed by atoms with van der Waals surface area (Å²) in [5, 5.41) is 0. The van der Waals surface area contributed by atoms with Crippen LogP contribution in [0.5, 0.6) is 0 Å². The summed E-state index contributed by atoms with van der Waals surface area (Å²) in [6, 6.07) is 0. The van der Waals surface area contributed by atoms with Crippen molar-refractivity contribution in [1.82, 2.24) is 0 Å². The lowest BCUT2D eigenvalue weighted by atomic mass is 9.87. The van der Waals surface area contributed by atoms with Crippen molar-refractivity contribution < 1.29 is 4.79 Å². The first kappa shape index (κ1) is 11.7. The molecule has 1 heteroatoms. The van der Waals surface area contributed by atoms with Gasteiger partial charge >= 0.3 is 0 Å². The average Bonchev–Trinajstić information content (AvgIpc) is 2.76. The third-order valence-electron chi connectivity index (χ3n) is 3.11. The van der Waals surface area contributed by atoms with Crippen LogP contribution in [0.2, 0.25) is 0 Å². The largest absolute Gasteiger partial charge is 0.299 e. The summed E-state index contributed by atoms with van der Waals surface area (Å²) < 4.78 is 0. The van der Waals surface area contributed by atoms with Crippen LogP contribution in [-0.4, -0.2) is 5.78 Å². The highest BCUT2D eigenvalue weighted by molar-refractivity contribution is 5.88. The van der Waals surface area contributed by atoms with Gasteiger partial charge in [-0.2, -0.15) is 0 Å². The third kappa shape index (κ3) is 3.11. The van der Waals surface area contributed by atoms with Crippen molar-refractivity contribution >= 4 is 5.78 Å². The Morgan fingerprint density at radius 1 is 1.36 bits per heavy atom. The molecular weight excluding hydrogens is 172 g/mol. The van der Waals surface area contributed by atoms with Gasteiger partial charge in [-0.25, -0.2) is 0 Å². The van der Waals surface area contributed by atoms with Crippen LogP contribution in [0, 0.1) is 23.2 Å². The van der Waals surface area contributed by atoms with E-state index < -0.39 is 0 Å². The summed E-state index contributed by atoms with van der Waals surface area (Å²) in [6.45, 7) is 10.6. The molecule has 1 aliphatic rings. The lowest BCUT2D eigenvalue weighted by Crippen LogP contribution is -2.22. The van der Waals surface area contributed by atoms with Crippen molar-refractivity contribution in [2.24, 2.45) is 23.2 Å². The second-order valence-electron chi connectivity index (χ2n) is 6.19. The molecular formula is C13H24O. The number of carbonyl (C=O) groups is 1. The zero-order valence-electron chi connectivity index (χ0n) is 10.3. The predicted octanol–water partition coefficient (Wildman–Crippen LogP) is 3.67. The minimum atomic E-state index is -0.128. The Labute approximate surface area is 88.3 Å². The van der Waals surface area contributed by atoms with Crippen molar-refractivity contribution in [1.29, 1.82) is 0 Å². The van der Waals surface area contributed by atoms with Gasteiger partial charge in [0.05, 0.1) is 0 Å². The fourth-order valence-corrected chi connectivity index (χ4v) is 1.99. The molecule has 2 unspecified atom stereocenters. The van der Waals surface area contributed by atoms with Crippen molar-refractivity contribution in [3.05, 3.63) is 0 Å². The maximum Gasteiger partial charge on any atom is 0.141 e. The molecule has 1 rings (SSSR count). The highest BCUT2D eigenvalue weighted by atomic mass is 16.1. The van der Waals surface area contributed by atoms with Gasteiger partial charge in [-0.1, -0.05) is 41.0 Å². The van der Waals surface area contributed by atoms with E-state index in [1.165, 1.54) is 12.8 Å². The summed E-state index contributed by atoms with van der Waals surface area (Å²) >= 11 is 0. The fourth-order valence-electron chi connectivity index (χ4n) is 1.99. The van der Waals surface area contributed by atoms with Gasteiger partial charge in [-0.15, -0.1) is 0 Å². The summed E-state index contributed by atoms with van der Waals surface area (Å²) in [6.07, 6.45) is 3.69. The maximum absolute atomic E-state index is 11.9. The van der Waals surface area contributed by atoms with Crippen molar-refractivity contribution in [2.75, 3.05) is 0 Å². The van der Waals surface area contributed by atoms with Gasteiger partial charge < -0.3 is 0 Å². The van der Waals surface area contributed by atoms with E-state index in [0.29, 0.717) is 17.6 Å². The molecule has 1 nitrogen and oxygen atoms in total. The molecule has 1 saturated carbocycles. The molecule has 0 aromatic rings. The van der Waals surface area contributed by atoms with E-state index in [1.54, 1.807) is 0 Å². The number of rotatable bonds is 4. The smallest absolute Gasteiger partial charge is 0.141 e. The zero-order chi connectivity index (χ0) is 10.9. The minimum absolute atomic E-state index is 0.128. The molecule has 1 aliphatic carbocycles. The fraction of sp³-hybridized carbons (Fsp3) is 0.923. The Kier molecular flexibility index (Phi) is 3.39. The molecule has 0 N–H and O–H groups in total. The van der Waals surface area contributed by atoms with Crippen LogP contribution in [0.1, 0.15) is 53.9 Å². The molecule has 0 spiro atoms. The summed E-state index contributed by atoms with van der Waals surface area (Å²) in [5.41, 5.74) is -0.128. The van der Waals surface area contributed by atoms with Gasteiger partial charge in [0.1, 0.15) is 5.78 Å². The molecule has 14 heavy (non-hydrogen) atoms. The second-order valence-corrected chi connectivity index (χ2v) is 6.19. The predicted molar refractivity (Wildman–Crippen MR) is 60.1 cm³/mol. The van der Waals surface area contributed by atoms with Crippen LogP contribution >= 0.6 is 0 Å². The van der Waals surface area contributed by atoms with Gasteiger partial charge in [0, 0.05) is 11.3 Å². The standard InChI is InChI=1S/C13H24O/c1-9(2)6-7-10-8-11(10)12(14)13(3,4)5/h9-11H,6-8H2,1-5H3. The van der Waals surface area contributed by atoms with Crippen LogP contribution in [0.4, 0.5) is 0 Å². The molecule has 1 fully saturated rings. The first-order valence-corrected chi connectivity index (χ1v) is 5.86. The van der Waals surface area contributed by atoms with Crippen molar-refractivity contribution in [3.63, 3.8) is 0 Å². The van der Waals surface area contributed by atoms with Gasteiger partial charge in [-0.3, -0.25) is 4.79 Å². The SMILES string of the molecule is CC(C)CCC1CC1C(=O)C(C)(C)C. The quantitative estimate of drug-likeness (QED) is 0.670. The van der Waals surface area contributed by atoms with Gasteiger partial charge in [0.25, 0.3) is 0 Å². The van der Waals surface area contributed by atoms with Gasteiger partial charge in [0.15, 0.2) is 0 Å². The Morgan fingerprint density at radius 2 is 1.93 bits per heavy atom. The number of ketones is 1. The number of hydrogen-bond donors (Lipinski definition) is 0. The molecule has 0 radical (unpaired) electrons. The second kappa shape index (κ2) is 4.04. The first-order chi connectivity index (χ1) is 6.32. The molecule has 2 atom stereocenters. The summed E-state index contributed by atoms with van der Waals surface area (Å²) in [5.74, 6) is 2.37. The minimum Gasteiger partial charge on any atom is -0.299 e. The van der Waals surface area contributed by atoms with E-state index in [4.69, 9.17) is 0 Å². The Morgan fingerprint density at radius 3 is 2.36 bits per heavy atom. The van der Waals surface area contributed by atoms with E-state index in [-0.39, 0.29) is 5.41 Å². The molecule has 0 aromatic heterocycles. The van der Waals surface area contributed by atoms with E-state index in [1.807, 2.05) is 20.8 Å². The van der Waals surface area contributed by atoms with Crippen LogP contribution in [0.25, 0.3) is 0 Å². The molecule has 0 amide bonds. The molecule has 0 heterocycles. The normalized spacial score (nSPS) is 26.7. The van der Waals surface area contributed by atoms with E-state index in [0.717, 1.165) is 12.3 Å². The highest BCUT2D eigenvalue weighted by Crippen LogP contribution is 2.46. The zero-order valence-corrected chi connectivity index (χ0v) is 10.3. The van der Waals surface area contributed by atoms with E-state index in [9.17, 15) is 4.79 Å². The first-order valence-electron chi connectivity index (χ1n) is 5.86. The Hall–Kier alpha value is -0.330. The number of carbonyl (C=O) groups excluding carboxylic acids is 1. The average molecular weight is 196 g/mol. The third-order valence-corrected chi connectivity index (χ3v) is 3.11. The topological polar surface area (TPSA) is 17.1 Å². The van der Waals surface area contributed by atoms with Crippen LogP contribution in [0.3, 0.4) is 0 Å². The molecule has 0 bridgehead atoms. The Balaban J connectivity index is 2.29. The van der Waals surface area contributed by atoms with Crippen molar-refractivity contribution in [3.8, 4) is 0 Å². The van der Waals surface area contributed by atoms with E-state index in [2.05, 4.69) is 13.8 Å². The number of hydrogen-bond acceptors (Lipinski definition) is 1. The lowest BCUT2D eigenvalue weighted by Gasteiger charge is -2.16. The highest BCUT2D eigenvalue weighted by Gasteiger charge is 2.45. The Bertz CT molecular complexity index is 210. The van der Waals surface area contributed by atoms with E-state index >= 15 is 0 Å². The van der Waals surface area contributed by atoms with Crippen LogP contribution in [0.15, 0.2) is 0 Å². The molecule has 82 valence electrons. The van der Waals surface area contributed by atoms with Gasteiger partial charge in [0.2, 0.25) is 0 Å². The summed E-state index contributed by atoms with van der Waals surface area (Å²) in [7, 11) is 0. The summed E-state index contributed by atoms with van der Waals surface area (Å²) in [4.78, 5) is 11.9.